The second-order valence-corrected chi connectivity index (χ2v) is 2.79. The Kier molecular flexibility index (Phi) is 4.16. The van der Waals surface area contributed by atoms with Gasteiger partial charge in [-0.15, -0.1) is 0 Å². The molecule has 0 bridgehead atoms. The molecule has 0 N–H and O–H groups in total. The molecule has 0 atom stereocenters. The maximum Gasteiger partial charge on any atom is 0.160 e. The zero-order valence-corrected chi connectivity index (χ0v) is 8.08. The van der Waals surface area contributed by atoms with Crippen LogP contribution in [0.1, 0.15) is 19.8 Å². The van der Waals surface area contributed by atoms with Gasteiger partial charge in [-0.1, -0.05) is 19.6 Å². The van der Waals surface area contributed by atoms with Crippen molar-refractivity contribution >= 4 is 0 Å². The molecule has 2 nitrogen and oxygen atoms in total. The van der Waals surface area contributed by atoms with Gasteiger partial charge in [0.25, 0.3) is 0 Å². The third-order valence-electron chi connectivity index (χ3n) is 1.71. The van der Waals surface area contributed by atoms with E-state index in [4.69, 9.17) is 9.47 Å². The minimum absolute atomic E-state index is 0.723. The molecule has 0 unspecified atom stereocenters. The summed E-state index contributed by atoms with van der Waals surface area (Å²) in [5, 5.41) is 0. The van der Waals surface area contributed by atoms with E-state index < -0.39 is 0 Å². The quantitative estimate of drug-likeness (QED) is 0.650. The number of rotatable bonds is 2. The third kappa shape index (κ3) is 2.98. The van der Waals surface area contributed by atoms with Gasteiger partial charge < -0.3 is 9.47 Å². The highest BCUT2D eigenvalue weighted by atomic mass is 16.5. The van der Waals surface area contributed by atoms with Crippen LogP contribution in [0.25, 0.3) is 0 Å². The largest absolute Gasteiger partial charge is 0.490 e. The van der Waals surface area contributed by atoms with Gasteiger partial charge in [0.2, 0.25) is 0 Å². The summed E-state index contributed by atoms with van der Waals surface area (Å²) in [6.07, 6.45) is 7.48. The summed E-state index contributed by atoms with van der Waals surface area (Å²) in [5.74, 6) is 1.65. The summed E-state index contributed by atoms with van der Waals surface area (Å²) >= 11 is 0. The molecule has 0 aromatic carbocycles. The molecule has 0 radical (unpaired) electrons. The van der Waals surface area contributed by atoms with Gasteiger partial charge >= 0.3 is 0 Å². The maximum absolute atomic E-state index is 5.53. The molecule has 1 saturated heterocycles. The highest BCUT2D eigenvalue weighted by molar-refractivity contribution is 5.24. The van der Waals surface area contributed by atoms with E-state index in [2.05, 4.69) is 13.5 Å². The standard InChI is InChI=1S/C11H16O2/c1-3-6-10-11(7-4-2)13-9-5-8-12-10/h3,6-7H,1,4-5,8-9H2,2H3/b10-6+,11-7+. The molecular formula is C11H16O2. The monoisotopic (exact) mass is 180 g/mol. The van der Waals surface area contributed by atoms with Crippen molar-refractivity contribution in [2.75, 3.05) is 13.2 Å². The van der Waals surface area contributed by atoms with Crippen LogP contribution in [0.3, 0.4) is 0 Å². The Hall–Kier alpha value is -1.18. The molecule has 72 valence electrons. The predicted molar refractivity (Wildman–Crippen MR) is 53.2 cm³/mol. The van der Waals surface area contributed by atoms with Crippen LogP contribution in [0.2, 0.25) is 0 Å². The molecule has 1 aliphatic heterocycles. The molecule has 0 aromatic rings. The van der Waals surface area contributed by atoms with Crippen LogP contribution >= 0.6 is 0 Å². The van der Waals surface area contributed by atoms with E-state index in [1.54, 1.807) is 6.08 Å². The summed E-state index contributed by atoms with van der Waals surface area (Å²) in [5.41, 5.74) is 0. The minimum Gasteiger partial charge on any atom is -0.490 e. The summed E-state index contributed by atoms with van der Waals surface area (Å²) in [4.78, 5) is 0. The molecule has 1 aliphatic rings. The van der Waals surface area contributed by atoms with Crippen molar-refractivity contribution in [2.24, 2.45) is 0 Å². The second-order valence-electron chi connectivity index (χ2n) is 2.79. The van der Waals surface area contributed by atoms with Gasteiger partial charge in [-0.25, -0.2) is 0 Å². The van der Waals surface area contributed by atoms with Gasteiger partial charge in [-0.2, -0.15) is 0 Å². The first-order chi connectivity index (χ1) is 6.38. The van der Waals surface area contributed by atoms with Crippen molar-refractivity contribution in [3.63, 3.8) is 0 Å². The van der Waals surface area contributed by atoms with Crippen LogP contribution in [0, 0.1) is 0 Å². The van der Waals surface area contributed by atoms with Crippen molar-refractivity contribution in [2.45, 2.75) is 19.8 Å². The third-order valence-corrected chi connectivity index (χ3v) is 1.71. The van der Waals surface area contributed by atoms with Crippen molar-refractivity contribution in [1.82, 2.24) is 0 Å². The van der Waals surface area contributed by atoms with Crippen molar-refractivity contribution in [3.8, 4) is 0 Å². The molecule has 1 fully saturated rings. The smallest absolute Gasteiger partial charge is 0.160 e. The van der Waals surface area contributed by atoms with Gasteiger partial charge in [0.1, 0.15) is 0 Å². The molecule has 2 heteroatoms. The average molecular weight is 180 g/mol. The molecule has 0 saturated carbocycles. The first-order valence-corrected chi connectivity index (χ1v) is 4.67. The first-order valence-electron chi connectivity index (χ1n) is 4.67. The van der Waals surface area contributed by atoms with E-state index in [1.807, 2.05) is 12.2 Å². The molecule has 0 spiro atoms. The predicted octanol–water partition coefficient (Wildman–Crippen LogP) is 2.79. The zero-order chi connectivity index (χ0) is 9.52. The number of hydrogen-bond acceptors (Lipinski definition) is 2. The number of hydrogen-bond donors (Lipinski definition) is 0. The van der Waals surface area contributed by atoms with E-state index in [1.165, 1.54) is 0 Å². The summed E-state index contributed by atoms with van der Waals surface area (Å²) in [6, 6.07) is 0. The molecule has 0 aliphatic carbocycles. The van der Waals surface area contributed by atoms with Gasteiger partial charge in [-0.3, -0.25) is 0 Å². The highest BCUT2D eigenvalue weighted by Crippen LogP contribution is 2.18. The fourth-order valence-electron chi connectivity index (χ4n) is 1.15. The fraction of sp³-hybridized carbons (Fsp3) is 0.455. The summed E-state index contributed by atoms with van der Waals surface area (Å²) in [6.45, 7) is 7.18. The number of ether oxygens (including phenoxy) is 2. The van der Waals surface area contributed by atoms with E-state index in [0.29, 0.717) is 0 Å². The average Bonchev–Trinajstić information content (AvgIpc) is 2.33. The summed E-state index contributed by atoms with van der Waals surface area (Å²) in [7, 11) is 0. The maximum atomic E-state index is 5.53. The molecule has 13 heavy (non-hydrogen) atoms. The molecule has 1 heterocycles. The van der Waals surface area contributed by atoms with Gasteiger partial charge in [0, 0.05) is 6.42 Å². The van der Waals surface area contributed by atoms with Gasteiger partial charge in [0.15, 0.2) is 11.5 Å². The normalized spacial score (nSPS) is 23.5. The lowest BCUT2D eigenvalue weighted by Crippen LogP contribution is -1.94. The van der Waals surface area contributed by atoms with Crippen LogP contribution in [0.4, 0.5) is 0 Å². The van der Waals surface area contributed by atoms with Crippen LogP contribution in [0.15, 0.2) is 36.3 Å². The minimum atomic E-state index is 0.723. The zero-order valence-electron chi connectivity index (χ0n) is 8.08. The van der Waals surface area contributed by atoms with Gasteiger partial charge in [-0.05, 0) is 18.6 Å². The lowest BCUT2D eigenvalue weighted by atomic mass is 10.3. The van der Waals surface area contributed by atoms with Crippen molar-refractivity contribution in [3.05, 3.63) is 36.3 Å². The molecule has 0 aromatic heterocycles. The Balaban J connectivity index is 2.78. The second kappa shape index (κ2) is 5.46. The Morgan fingerprint density at radius 2 is 2.00 bits per heavy atom. The molecule has 0 amide bonds. The number of allylic oxidation sites excluding steroid dienone is 3. The first kappa shape index (κ1) is 9.90. The summed E-state index contributed by atoms with van der Waals surface area (Å²) < 4.78 is 11.0. The van der Waals surface area contributed by atoms with E-state index in [0.717, 1.165) is 37.6 Å². The highest BCUT2D eigenvalue weighted by Gasteiger charge is 2.10. The van der Waals surface area contributed by atoms with E-state index >= 15 is 0 Å². The van der Waals surface area contributed by atoms with Crippen LogP contribution < -0.4 is 0 Å². The van der Waals surface area contributed by atoms with Crippen molar-refractivity contribution in [1.29, 1.82) is 0 Å². The van der Waals surface area contributed by atoms with Gasteiger partial charge in [0.05, 0.1) is 13.2 Å². The SMILES string of the molecule is C=C/C=C1/OCCCO/C1=C/CC. The van der Waals surface area contributed by atoms with Crippen LogP contribution in [-0.2, 0) is 9.47 Å². The fourth-order valence-corrected chi connectivity index (χ4v) is 1.15. The topological polar surface area (TPSA) is 18.5 Å². The Morgan fingerprint density at radius 3 is 2.62 bits per heavy atom. The van der Waals surface area contributed by atoms with E-state index in [-0.39, 0.29) is 0 Å². The Labute approximate surface area is 79.5 Å². The van der Waals surface area contributed by atoms with E-state index in [9.17, 15) is 0 Å². The Bertz CT molecular complexity index is 226. The Morgan fingerprint density at radius 1 is 1.31 bits per heavy atom. The van der Waals surface area contributed by atoms with Crippen molar-refractivity contribution < 1.29 is 9.47 Å². The molecule has 1 rings (SSSR count). The lowest BCUT2D eigenvalue weighted by Gasteiger charge is -2.08. The van der Waals surface area contributed by atoms with Crippen LogP contribution in [-0.4, -0.2) is 13.2 Å². The molecular weight excluding hydrogens is 164 g/mol. The lowest BCUT2D eigenvalue weighted by molar-refractivity contribution is 0.219. The van der Waals surface area contributed by atoms with Crippen LogP contribution in [0.5, 0.6) is 0 Å².